The molecule has 6 N–H and O–H groups in total. The lowest BCUT2D eigenvalue weighted by Gasteiger charge is -2.12. The van der Waals surface area contributed by atoms with Crippen LogP contribution in [-0.4, -0.2) is 37.2 Å². The average molecular weight is 571 g/mol. The highest BCUT2D eigenvalue weighted by atomic mass is 16.6. The third kappa shape index (κ3) is 10.1. The second-order valence-corrected chi connectivity index (χ2v) is 9.97. The Morgan fingerprint density at radius 2 is 0.857 bits per heavy atom. The van der Waals surface area contributed by atoms with Crippen molar-refractivity contribution in [3.8, 4) is 11.5 Å². The van der Waals surface area contributed by atoms with Crippen LogP contribution in [0.2, 0.25) is 0 Å². The van der Waals surface area contributed by atoms with Gasteiger partial charge in [0.2, 0.25) is 0 Å². The van der Waals surface area contributed by atoms with E-state index >= 15 is 0 Å². The van der Waals surface area contributed by atoms with Crippen LogP contribution in [0.3, 0.4) is 0 Å². The average Bonchev–Trinajstić information content (AvgIpc) is 3.03. The molecule has 42 heavy (non-hydrogen) atoms. The lowest BCUT2D eigenvalue weighted by atomic mass is 10.1. The summed E-state index contributed by atoms with van der Waals surface area (Å²) < 4.78 is 22.1. The number of esters is 2. The zero-order chi connectivity index (χ0) is 29.6. The van der Waals surface area contributed by atoms with Gasteiger partial charge in [0.15, 0.2) is 12.1 Å². The van der Waals surface area contributed by atoms with Crippen LogP contribution in [0.25, 0.3) is 0 Å². The third-order valence-electron chi connectivity index (χ3n) is 6.55. The van der Waals surface area contributed by atoms with Gasteiger partial charge in [0.25, 0.3) is 0 Å². The predicted octanol–water partition coefficient (Wildman–Crippen LogP) is 2.94. The zero-order valence-electron chi connectivity index (χ0n) is 23.7. The van der Waals surface area contributed by atoms with Crippen molar-refractivity contribution >= 4 is 11.9 Å². The minimum atomic E-state index is -0.586. The van der Waals surface area contributed by atoms with E-state index in [1.54, 1.807) is 0 Å². The third-order valence-corrected chi connectivity index (χ3v) is 6.55. The van der Waals surface area contributed by atoms with Crippen LogP contribution in [0.1, 0.15) is 22.3 Å². The van der Waals surface area contributed by atoms with Gasteiger partial charge in [0.05, 0.1) is 0 Å². The largest absolute Gasteiger partial charge is 0.489 e. The van der Waals surface area contributed by atoms with Gasteiger partial charge in [-0.2, -0.15) is 0 Å². The monoisotopic (exact) mass is 570 g/mol. The van der Waals surface area contributed by atoms with Gasteiger partial charge >= 0.3 is 11.9 Å². The van der Waals surface area contributed by atoms with Gasteiger partial charge in [0, 0.05) is 12.8 Å². The molecule has 4 aromatic carbocycles. The molecule has 4 rings (SSSR count). The quantitative estimate of drug-likeness (QED) is 0.167. The van der Waals surface area contributed by atoms with E-state index in [1.807, 2.05) is 109 Å². The number of quaternary nitrogens is 2. The summed E-state index contributed by atoms with van der Waals surface area (Å²) >= 11 is 0. The molecule has 0 bridgehead atoms. The maximum atomic E-state index is 12.4. The van der Waals surface area contributed by atoms with E-state index < -0.39 is 24.0 Å². The van der Waals surface area contributed by atoms with Crippen LogP contribution < -0.4 is 20.9 Å². The number of carbonyl (C=O) groups is 2. The van der Waals surface area contributed by atoms with Gasteiger partial charge in [-0.25, -0.2) is 9.59 Å². The van der Waals surface area contributed by atoms with Gasteiger partial charge in [-0.1, -0.05) is 84.9 Å². The van der Waals surface area contributed by atoms with E-state index in [9.17, 15) is 9.59 Å². The number of ether oxygens (including phenoxy) is 4. The predicted molar refractivity (Wildman–Crippen MR) is 157 cm³/mol. The van der Waals surface area contributed by atoms with Crippen LogP contribution >= 0.6 is 0 Å². The minimum absolute atomic E-state index is 0.0387. The van der Waals surface area contributed by atoms with Gasteiger partial charge in [0.1, 0.15) is 37.9 Å². The Bertz CT molecular complexity index is 1270. The van der Waals surface area contributed by atoms with Crippen molar-refractivity contribution in [2.75, 3.05) is 13.2 Å². The van der Waals surface area contributed by atoms with E-state index in [1.165, 1.54) is 0 Å². The lowest BCUT2D eigenvalue weighted by molar-refractivity contribution is -0.409. The van der Waals surface area contributed by atoms with Gasteiger partial charge in [-0.05, 0) is 46.5 Å². The van der Waals surface area contributed by atoms with Crippen molar-refractivity contribution in [3.05, 3.63) is 131 Å². The first-order chi connectivity index (χ1) is 20.5. The molecule has 0 heterocycles. The minimum Gasteiger partial charge on any atom is -0.489 e. The van der Waals surface area contributed by atoms with E-state index in [0.29, 0.717) is 26.1 Å². The number of benzene rings is 4. The van der Waals surface area contributed by atoms with Gasteiger partial charge in [-0.15, -0.1) is 0 Å². The Morgan fingerprint density at radius 3 is 1.21 bits per heavy atom. The van der Waals surface area contributed by atoms with Crippen molar-refractivity contribution < 1.29 is 40.0 Å². The van der Waals surface area contributed by atoms with Crippen LogP contribution in [0, 0.1) is 0 Å². The summed E-state index contributed by atoms with van der Waals surface area (Å²) in [6, 6.07) is 33.8. The summed E-state index contributed by atoms with van der Waals surface area (Å²) in [7, 11) is 0. The smallest absolute Gasteiger partial charge is 0.365 e. The SMILES string of the molecule is [NH3+]C(Cc1ccc(OCc2ccccc2)cc1)C(=O)OCCOC(=O)C([NH3+])Cc1ccc(OCc2ccccc2)cc1. The second-order valence-electron chi connectivity index (χ2n) is 9.97. The Morgan fingerprint density at radius 1 is 0.500 bits per heavy atom. The fraction of sp³-hybridized carbons (Fsp3) is 0.235. The Hall–Kier alpha value is -4.66. The molecule has 0 saturated carbocycles. The molecule has 0 fully saturated rings. The standard InChI is InChI=1S/C34H36N2O6/c35-31(21-25-11-15-29(16-12-25)41-23-27-7-3-1-4-8-27)33(37)39-19-20-40-34(38)32(36)22-26-13-17-30(18-14-26)42-24-28-9-5-2-6-10-28/h1-18,31-32H,19-24,35-36H2/p+2. The summed E-state index contributed by atoms with van der Waals surface area (Å²) in [6.45, 7) is 0.899. The molecular formula is C34H38N2O6+2. The second kappa shape index (κ2) is 16.0. The highest BCUT2D eigenvalue weighted by Crippen LogP contribution is 2.16. The Labute approximate surface area is 246 Å². The Balaban J connectivity index is 1.10. The zero-order valence-corrected chi connectivity index (χ0v) is 23.7. The first-order valence-electron chi connectivity index (χ1n) is 14.0. The maximum absolute atomic E-state index is 12.4. The van der Waals surface area contributed by atoms with E-state index in [4.69, 9.17) is 18.9 Å². The van der Waals surface area contributed by atoms with Crippen LogP contribution in [0.15, 0.2) is 109 Å². The van der Waals surface area contributed by atoms with Crippen LogP contribution in [-0.2, 0) is 45.1 Å². The molecule has 0 spiro atoms. The van der Waals surface area contributed by atoms with Crippen molar-refractivity contribution in [3.63, 3.8) is 0 Å². The molecular weight excluding hydrogens is 532 g/mol. The summed E-state index contributed by atoms with van der Waals surface area (Å²) in [6.07, 6.45) is 0.850. The molecule has 0 radical (unpaired) electrons. The number of carbonyl (C=O) groups excluding carboxylic acids is 2. The maximum Gasteiger partial charge on any atom is 0.365 e. The lowest BCUT2D eigenvalue weighted by Crippen LogP contribution is -2.66. The highest BCUT2D eigenvalue weighted by molar-refractivity contribution is 5.75. The van der Waals surface area contributed by atoms with Crippen LogP contribution in [0.4, 0.5) is 0 Å². The molecule has 0 aromatic heterocycles. The van der Waals surface area contributed by atoms with Gasteiger partial charge < -0.3 is 30.4 Å². The van der Waals surface area contributed by atoms with Gasteiger partial charge in [-0.3, -0.25) is 0 Å². The Kier molecular flexibility index (Phi) is 11.5. The topological polar surface area (TPSA) is 126 Å². The molecule has 2 unspecified atom stereocenters. The van der Waals surface area contributed by atoms with E-state index in [2.05, 4.69) is 11.5 Å². The summed E-state index contributed by atoms with van der Waals surface area (Å²) in [5, 5.41) is 0. The molecule has 8 heteroatoms. The molecule has 8 nitrogen and oxygen atoms in total. The van der Waals surface area contributed by atoms with Crippen molar-refractivity contribution in [2.24, 2.45) is 0 Å². The molecule has 0 aliphatic carbocycles. The van der Waals surface area contributed by atoms with Crippen molar-refractivity contribution in [1.82, 2.24) is 0 Å². The first-order valence-corrected chi connectivity index (χ1v) is 14.0. The van der Waals surface area contributed by atoms with E-state index in [0.717, 1.165) is 33.8 Å². The first kappa shape index (κ1) is 30.3. The van der Waals surface area contributed by atoms with Crippen molar-refractivity contribution in [1.29, 1.82) is 0 Å². The van der Waals surface area contributed by atoms with E-state index in [-0.39, 0.29) is 13.2 Å². The molecule has 2 atom stereocenters. The molecule has 4 aromatic rings. The molecule has 0 amide bonds. The van der Waals surface area contributed by atoms with Crippen LogP contribution in [0.5, 0.6) is 11.5 Å². The molecule has 218 valence electrons. The number of rotatable bonds is 15. The molecule has 0 aliphatic rings. The number of hydrogen-bond acceptors (Lipinski definition) is 6. The summed E-state index contributed by atoms with van der Waals surface area (Å²) in [4.78, 5) is 24.8. The molecule has 0 aliphatic heterocycles. The summed E-state index contributed by atoms with van der Waals surface area (Å²) in [5.74, 6) is 0.606. The fourth-order valence-corrected chi connectivity index (χ4v) is 4.18. The number of hydrogen-bond donors (Lipinski definition) is 2. The van der Waals surface area contributed by atoms with Crippen molar-refractivity contribution in [2.45, 2.75) is 38.1 Å². The fourth-order valence-electron chi connectivity index (χ4n) is 4.18. The summed E-state index contributed by atoms with van der Waals surface area (Å²) in [5.41, 5.74) is 11.9. The molecule has 0 saturated heterocycles. The highest BCUT2D eigenvalue weighted by Gasteiger charge is 2.22. The normalized spacial score (nSPS) is 12.1.